The van der Waals surface area contributed by atoms with Gasteiger partial charge in [0.1, 0.15) is 0 Å². The largest absolute Gasteiger partial charge is 0.323 e. The van der Waals surface area contributed by atoms with Gasteiger partial charge < -0.3 is 10.6 Å². The first kappa shape index (κ1) is 13.6. The van der Waals surface area contributed by atoms with Crippen molar-refractivity contribution in [1.82, 2.24) is 9.80 Å². The van der Waals surface area contributed by atoms with E-state index in [4.69, 9.17) is 5.73 Å². The number of rotatable bonds is 2. The second kappa shape index (κ2) is 5.52. The summed E-state index contributed by atoms with van der Waals surface area (Å²) in [6, 6.07) is 15.5. The topological polar surface area (TPSA) is 32.5 Å². The molecule has 0 bridgehead atoms. The summed E-state index contributed by atoms with van der Waals surface area (Å²) in [5, 5.41) is 2.55. The molecule has 1 saturated heterocycles. The number of benzene rings is 2. The Balaban J connectivity index is 1.89. The van der Waals surface area contributed by atoms with E-state index in [2.05, 4.69) is 66.4 Å². The summed E-state index contributed by atoms with van der Waals surface area (Å²) in [5.74, 6) is 0. The second-order valence-electron chi connectivity index (χ2n) is 5.94. The highest BCUT2D eigenvalue weighted by Crippen LogP contribution is 2.24. The number of nitrogens with zero attached hydrogens (tertiary/aromatic N) is 2. The van der Waals surface area contributed by atoms with Gasteiger partial charge in [0.15, 0.2) is 0 Å². The van der Waals surface area contributed by atoms with Crippen molar-refractivity contribution in [2.45, 2.75) is 12.1 Å². The van der Waals surface area contributed by atoms with Crippen molar-refractivity contribution in [2.75, 3.05) is 33.7 Å². The number of hydrogen-bond donors (Lipinski definition) is 1. The van der Waals surface area contributed by atoms with Gasteiger partial charge in [0, 0.05) is 31.7 Å². The zero-order valence-corrected chi connectivity index (χ0v) is 12.3. The summed E-state index contributed by atoms with van der Waals surface area (Å²) < 4.78 is 0. The summed E-state index contributed by atoms with van der Waals surface area (Å²) in [4.78, 5) is 4.76. The quantitative estimate of drug-likeness (QED) is 0.906. The van der Waals surface area contributed by atoms with Gasteiger partial charge in [-0.2, -0.15) is 0 Å². The van der Waals surface area contributed by atoms with Crippen molar-refractivity contribution in [3.05, 3.63) is 48.0 Å². The molecule has 0 aliphatic carbocycles. The molecule has 2 atom stereocenters. The molecular weight excluding hydrogens is 246 g/mol. The molecular formula is C17H23N3. The van der Waals surface area contributed by atoms with Crippen LogP contribution in [0.5, 0.6) is 0 Å². The van der Waals surface area contributed by atoms with Gasteiger partial charge in [-0.05, 0) is 36.5 Å². The molecule has 3 nitrogen and oxygen atoms in total. The predicted octanol–water partition coefficient (Wildman–Crippen LogP) is 2.09. The molecule has 0 radical (unpaired) electrons. The van der Waals surface area contributed by atoms with E-state index >= 15 is 0 Å². The third kappa shape index (κ3) is 2.57. The van der Waals surface area contributed by atoms with E-state index in [9.17, 15) is 0 Å². The number of hydrogen-bond acceptors (Lipinski definition) is 3. The molecule has 3 rings (SSSR count). The Morgan fingerprint density at radius 2 is 1.80 bits per heavy atom. The van der Waals surface area contributed by atoms with Crippen molar-refractivity contribution in [3.63, 3.8) is 0 Å². The third-order valence-electron chi connectivity index (χ3n) is 4.47. The van der Waals surface area contributed by atoms with Crippen LogP contribution < -0.4 is 5.73 Å². The Bertz CT molecular complexity index is 596. The molecule has 0 spiro atoms. The number of likely N-dealkylation sites (N-methyl/N-ethyl adjacent to an activating group) is 2. The van der Waals surface area contributed by atoms with Crippen molar-refractivity contribution >= 4 is 10.8 Å². The number of nitrogens with two attached hydrogens (primary N) is 1. The third-order valence-corrected chi connectivity index (χ3v) is 4.47. The maximum absolute atomic E-state index is 6.55. The van der Waals surface area contributed by atoms with E-state index in [-0.39, 0.29) is 6.04 Å². The van der Waals surface area contributed by atoms with Crippen LogP contribution in [0.3, 0.4) is 0 Å². The van der Waals surface area contributed by atoms with Crippen LogP contribution in [0.25, 0.3) is 10.8 Å². The fraction of sp³-hybridized carbons (Fsp3) is 0.412. The first-order chi connectivity index (χ1) is 9.65. The molecule has 2 N–H and O–H groups in total. The summed E-state index contributed by atoms with van der Waals surface area (Å²) >= 11 is 0. The summed E-state index contributed by atoms with van der Waals surface area (Å²) in [7, 11) is 4.35. The van der Waals surface area contributed by atoms with Crippen LogP contribution in [-0.2, 0) is 0 Å². The smallest absolute Gasteiger partial charge is 0.0465 e. The first-order valence-corrected chi connectivity index (χ1v) is 7.28. The van der Waals surface area contributed by atoms with Gasteiger partial charge in [-0.15, -0.1) is 0 Å². The van der Waals surface area contributed by atoms with Crippen LogP contribution in [0.15, 0.2) is 42.5 Å². The lowest BCUT2D eigenvalue weighted by atomic mass is 9.95. The van der Waals surface area contributed by atoms with Crippen molar-refractivity contribution < 1.29 is 0 Å². The van der Waals surface area contributed by atoms with E-state index in [1.54, 1.807) is 0 Å². The molecule has 2 aromatic carbocycles. The van der Waals surface area contributed by atoms with Crippen molar-refractivity contribution in [2.24, 2.45) is 5.73 Å². The second-order valence-corrected chi connectivity index (χ2v) is 5.94. The molecule has 1 heterocycles. The zero-order valence-electron chi connectivity index (χ0n) is 12.3. The Morgan fingerprint density at radius 1 is 1.05 bits per heavy atom. The lowest BCUT2D eigenvalue weighted by Gasteiger charge is -2.40. The fourth-order valence-corrected chi connectivity index (χ4v) is 3.07. The van der Waals surface area contributed by atoms with Crippen LogP contribution in [0, 0.1) is 0 Å². The highest BCUT2D eigenvalue weighted by Gasteiger charge is 2.28. The van der Waals surface area contributed by atoms with Crippen molar-refractivity contribution in [3.8, 4) is 0 Å². The van der Waals surface area contributed by atoms with Crippen LogP contribution >= 0.6 is 0 Å². The molecule has 3 heteroatoms. The minimum atomic E-state index is 0.0624. The Kier molecular flexibility index (Phi) is 3.74. The van der Waals surface area contributed by atoms with Gasteiger partial charge in [0.2, 0.25) is 0 Å². The van der Waals surface area contributed by atoms with Gasteiger partial charge in [0.05, 0.1) is 0 Å². The molecule has 0 amide bonds. The molecule has 1 aliphatic rings. The highest BCUT2D eigenvalue weighted by molar-refractivity contribution is 5.83. The lowest BCUT2D eigenvalue weighted by Crippen LogP contribution is -2.54. The van der Waals surface area contributed by atoms with Gasteiger partial charge in [-0.3, -0.25) is 4.90 Å². The average Bonchev–Trinajstić information content (AvgIpc) is 2.48. The first-order valence-electron chi connectivity index (χ1n) is 7.28. The summed E-state index contributed by atoms with van der Waals surface area (Å²) in [5.41, 5.74) is 7.78. The van der Waals surface area contributed by atoms with Crippen LogP contribution in [0.1, 0.15) is 11.6 Å². The maximum atomic E-state index is 6.55. The van der Waals surface area contributed by atoms with Gasteiger partial charge in [0.25, 0.3) is 0 Å². The molecule has 106 valence electrons. The molecule has 2 aromatic rings. The molecule has 1 aliphatic heterocycles. The van der Waals surface area contributed by atoms with E-state index in [0.29, 0.717) is 6.04 Å². The van der Waals surface area contributed by atoms with Crippen LogP contribution in [0.2, 0.25) is 0 Å². The Labute approximate surface area is 121 Å². The minimum Gasteiger partial charge on any atom is -0.323 e. The molecule has 1 fully saturated rings. The van der Waals surface area contributed by atoms with Crippen molar-refractivity contribution in [1.29, 1.82) is 0 Å². The zero-order chi connectivity index (χ0) is 14.1. The molecule has 0 aromatic heterocycles. The SMILES string of the molecule is CN1CCN(C)C(C(N)c2ccc3ccccc3c2)C1. The van der Waals surface area contributed by atoms with Crippen LogP contribution in [0.4, 0.5) is 0 Å². The average molecular weight is 269 g/mol. The van der Waals surface area contributed by atoms with E-state index in [1.165, 1.54) is 16.3 Å². The number of fused-ring (bicyclic) bond motifs is 1. The normalized spacial score (nSPS) is 23.1. The Hall–Kier alpha value is -1.42. The monoisotopic (exact) mass is 269 g/mol. The van der Waals surface area contributed by atoms with E-state index < -0.39 is 0 Å². The minimum absolute atomic E-state index is 0.0624. The number of piperazine rings is 1. The van der Waals surface area contributed by atoms with Gasteiger partial charge >= 0.3 is 0 Å². The lowest BCUT2D eigenvalue weighted by molar-refractivity contribution is 0.0974. The van der Waals surface area contributed by atoms with E-state index in [0.717, 1.165) is 19.6 Å². The Morgan fingerprint density at radius 3 is 2.60 bits per heavy atom. The highest BCUT2D eigenvalue weighted by atomic mass is 15.3. The summed E-state index contributed by atoms with van der Waals surface area (Å²) in [6.45, 7) is 3.24. The predicted molar refractivity (Wildman–Crippen MR) is 84.8 cm³/mol. The van der Waals surface area contributed by atoms with Crippen LogP contribution in [-0.4, -0.2) is 49.6 Å². The molecule has 2 unspecified atom stereocenters. The fourth-order valence-electron chi connectivity index (χ4n) is 3.07. The van der Waals surface area contributed by atoms with E-state index in [1.807, 2.05) is 0 Å². The molecule has 0 saturated carbocycles. The van der Waals surface area contributed by atoms with Gasteiger partial charge in [-0.1, -0.05) is 36.4 Å². The standard InChI is InChI=1S/C17H23N3/c1-19-9-10-20(2)16(12-19)17(18)15-8-7-13-5-3-4-6-14(13)11-15/h3-8,11,16-17H,9-10,12,18H2,1-2H3. The summed E-state index contributed by atoms with van der Waals surface area (Å²) in [6.07, 6.45) is 0. The van der Waals surface area contributed by atoms with Gasteiger partial charge in [-0.25, -0.2) is 0 Å². The molecule has 20 heavy (non-hydrogen) atoms. The maximum Gasteiger partial charge on any atom is 0.0465 e.